The Labute approximate surface area is 87.8 Å². The second kappa shape index (κ2) is 5.14. The molecule has 14 heavy (non-hydrogen) atoms. The molecule has 0 aliphatic carbocycles. The summed E-state index contributed by atoms with van der Waals surface area (Å²) < 4.78 is 2.33. The van der Waals surface area contributed by atoms with E-state index >= 15 is 0 Å². The number of hydrogen-bond acceptors (Lipinski definition) is 0. The maximum absolute atomic E-state index is 2.33. The molecular formula is C13H22N+. The molecule has 0 N–H and O–H groups in total. The first-order valence-corrected chi connectivity index (χ1v) is 5.68. The highest BCUT2D eigenvalue weighted by molar-refractivity contribution is 5.27. The van der Waals surface area contributed by atoms with Crippen LogP contribution in [0.15, 0.2) is 12.4 Å². The van der Waals surface area contributed by atoms with Gasteiger partial charge in [-0.15, -0.1) is 0 Å². The molecule has 0 spiro atoms. The largest absolute Gasteiger partial charge is 0.205 e. The van der Waals surface area contributed by atoms with Crippen LogP contribution in [0, 0.1) is 13.8 Å². The summed E-state index contributed by atoms with van der Waals surface area (Å²) in [6, 6.07) is 0. The van der Waals surface area contributed by atoms with E-state index in [2.05, 4.69) is 44.7 Å². The van der Waals surface area contributed by atoms with Crippen molar-refractivity contribution in [3.05, 3.63) is 29.1 Å². The Morgan fingerprint density at radius 3 is 2.07 bits per heavy atom. The Balaban J connectivity index is 2.90. The highest BCUT2D eigenvalue weighted by Crippen LogP contribution is 2.10. The monoisotopic (exact) mass is 192 g/mol. The minimum Gasteiger partial charge on any atom is -0.205 e. The summed E-state index contributed by atoms with van der Waals surface area (Å²) in [5, 5.41) is 0. The zero-order valence-electron chi connectivity index (χ0n) is 9.93. The van der Waals surface area contributed by atoms with Crippen LogP contribution in [0.4, 0.5) is 0 Å². The van der Waals surface area contributed by atoms with Gasteiger partial charge >= 0.3 is 0 Å². The zero-order valence-corrected chi connectivity index (χ0v) is 9.93. The number of nitrogens with zero attached hydrogens (tertiary/aromatic N) is 1. The third-order valence-corrected chi connectivity index (χ3v) is 2.79. The Kier molecular flexibility index (Phi) is 4.12. The average molecular weight is 192 g/mol. The van der Waals surface area contributed by atoms with Crippen LogP contribution < -0.4 is 4.57 Å². The van der Waals surface area contributed by atoms with Gasteiger partial charge in [-0.05, 0) is 25.8 Å². The van der Waals surface area contributed by atoms with E-state index < -0.39 is 0 Å². The average Bonchev–Trinajstić information content (AvgIpc) is 2.14. The van der Waals surface area contributed by atoms with Crippen molar-refractivity contribution >= 4 is 0 Å². The SMILES string of the molecule is CCCC[n+]1cc(C)c(CC)c(C)c1. The fourth-order valence-corrected chi connectivity index (χ4v) is 2.03. The summed E-state index contributed by atoms with van der Waals surface area (Å²) in [4.78, 5) is 0. The highest BCUT2D eigenvalue weighted by Gasteiger charge is 2.08. The van der Waals surface area contributed by atoms with Gasteiger partial charge in [0.2, 0.25) is 0 Å². The Morgan fingerprint density at radius 2 is 1.64 bits per heavy atom. The van der Waals surface area contributed by atoms with Crippen LogP contribution in [-0.2, 0) is 13.0 Å². The minimum atomic E-state index is 1.15. The number of unbranched alkanes of at least 4 members (excludes halogenated alkanes) is 1. The molecule has 0 saturated carbocycles. The molecule has 0 fully saturated rings. The number of aromatic nitrogens is 1. The fourth-order valence-electron chi connectivity index (χ4n) is 2.03. The Hall–Kier alpha value is -0.850. The lowest BCUT2D eigenvalue weighted by atomic mass is 10.0. The smallest absolute Gasteiger partial charge is 0.171 e. The predicted molar refractivity (Wildman–Crippen MR) is 60.4 cm³/mol. The lowest BCUT2D eigenvalue weighted by Gasteiger charge is -2.06. The van der Waals surface area contributed by atoms with E-state index in [-0.39, 0.29) is 0 Å². The molecule has 0 saturated heterocycles. The molecule has 1 heterocycles. The molecule has 0 bridgehead atoms. The Morgan fingerprint density at radius 1 is 1.07 bits per heavy atom. The van der Waals surface area contributed by atoms with Crippen molar-refractivity contribution in [3.8, 4) is 0 Å². The van der Waals surface area contributed by atoms with Gasteiger partial charge < -0.3 is 0 Å². The van der Waals surface area contributed by atoms with E-state index in [9.17, 15) is 0 Å². The van der Waals surface area contributed by atoms with Crippen LogP contribution in [0.25, 0.3) is 0 Å². The van der Waals surface area contributed by atoms with Gasteiger partial charge in [-0.3, -0.25) is 0 Å². The molecule has 0 amide bonds. The van der Waals surface area contributed by atoms with Gasteiger partial charge in [0.05, 0.1) is 0 Å². The van der Waals surface area contributed by atoms with E-state index in [0.29, 0.717) is 0 Å². The molecule has 1 aromatic heterocycles. The third-order valence-electron chi connectivity index (χ3n) is 2.79. The fraction of sp³-hybridized carbons (Fsp3) is 0.615. The van der Waals surface area contributed by atoms with Crippen LogP contribution in [0.1, 0.15) is 43.4 Å². The molecule has 1 nitrogen and oxygen atoms in total. The van der Waals surface area contributed by atoms with Crippen molar-refractivity contribution in [2.24, 2.45) is 0 Å². The van der Waals surface area contributed by atoms with Crippen LogP contribution in [0.5, 0.6) is 0 Å². The maximum Gasteiger partial charge on any atom is 0.171 e. The summed E-state index contributed by atoms with van der Waals surface area (Å²) in [5.74, 6) is 0. The van der Waals surface area contributed by atoms with Gasteiger partial charge in [-0.25, -0.2) is 4.57 Å². The van der Waals surface area contributed by atoms with Gasteiger partial charge in [0.15, 0.2) is 12.4 Å². The third kappa shape index (κ3) is 2.57. The van der Waals surface area contributed by atoms with E-state index in [0.717, 1.165) is 13.0 Å². The summed E-state index contributed by atoms with van der Waals surface area (Å²) >= 11 is 0. The molecule has 0 aliphatic heterocycles. The maximum atomic E-state index is 2.33. The van der Waals surface area contributed by atoms with Crippen LogP contribution in [-0.4, -0.2) is 0 Å². The number of pyridine rings is 1. The molecule has 1 heteroatoms. The molecule has 0 aliphatic rings. The summed E-state index contributed by atoms with van der Waals surface area (Å²) in [7, 11) is 0. The predicted octanol–water partition coefficient (Wildman–Crippen LogP) is 2.95. The topological polar surface area (TPSA) is 3.88 Å². The molecule has 0 radical (unpaired) electrons. The van der Waals surface area contributed by atoms with E-state index in [1.807, 2.05) is 0 Å². The molecular weight excluding hydrogens is 170 g/mol. The molecule has 78 valence electrons. The lowest BCUT2D eigenvalue weighted by molar-refractivity contribution is -0.698. The standard InChI is InChI=1S/C13H22N/c1-5-7-8-14-9-11(3)13(6-2)12(4)10-14/h9-10H,5-8H2,1-4H3/q+1. The van der Waals surface area contributed by atoms with Gasteiger partial charge in [-0.2, -0.15) is 0 Å². The van der Waals surface area contributed by atoms with Crippen molar-refractivity contribution in [2.45, 2.75) is 53.5 Å². The van der Waals surface area contributed by atoms with E-state index in [1.165, 1.54) is 29.5 Å². The molecule has 0 atom stereocenters. The summed E-state index contributed by atoms with van der Waals surface area (Å²) in [5.41, 5.74) is 4.38. The second-order valence-electron chi connectivity index (χ2n) is 4.05. The lowest BCUT2D eigenvalue weighted by Crippen LogP contribution is -2.34. The van der Waals surface area contributed by atoms with Crippen molar-refractivity contribution < 1.29 is 4.57 Å². The van der Waals surface area contributed by atoms with Crippen molar-refractivity contribution in [1.29, 1.82) is 0 Å². The van der Waals surface area contributed by atoms with Crippen LogP contribution in [0.2, 0.25) is 0 Å². The first-order chi connectivity index (χ1) is 6.69. The first kappa shape index (κ1) is 11.2. The van der Waals surface area contributed by atoms with Gasteiger partial charge in [0.25, 0.3) is 0 Å². The number of rotatable bonds is 4. The minimum absolute atomic E-state index is 1.15. The molecule has 0 aromatic carbocycles. The van der Waals surface area contributed by atoms with E-state index in [1.54, 1.807) is 0 Å². The molecule has 1 aromatic rings. The van der Waals surface area contributed by atoms with Gasteiger partial charge in [0, 0.05) is 17.5 Å². The Bertz CT molecular complexity index is 279. The first-order valence-electron chi connectivity index (χ1n) is 5.68. The van der Waals surface area contributed by atoms with Crippen molar-refractivity contribution in [3.63, 3.8) is 0 Å². The van der Waals surface area contributed by atoms with E-state index in [4.69, 9.17) is 0 Å². The van der Waals surface area contributed by atoms with Crippen LogP contribution in [0.3, 0.4) is 0 Å². The van der Waals surface area contributed by atoms with Gasteiger partial charge in [0.1, 0.15) is 6.54 Å². The normalized spacial score (nSPS) is 10.6. The van der Waals surface area contributed by atoms with Crippen LogP contribution >= 0.6 is 0 Å². The molecule has 1 rings (SSSR count). The van der Waals surface area contributed by atoms with Crippen molar-refractivity contribution in [2.75, 3.05) is 0 Å². The second-order valence-corrected chi connectivity index (χ2v) is 4.05. The summed E-state index contributed by atoms with van der Waals surface area (Å²) in [6.45, 7) is 10.1. The zero-order chi connectivity index (χ0) is 10.6. The quantitative estimate of drug-likeness (QED) is 0.646. The number of aryl methyl sites for hydroxylation is 3. The summed E-state index contributed by atoms with van der Waals surface area (Å²) in [6.07, 6.45) is 8.24. The molecule has 0 unspecified atom stereocenters. The van der Waals surface area contributed by atoms with Crippen molar-refractivity contribution in [1.82, 2.24) is 0 Å². The highest BCUT2D eigenvalue weighted by atomic mass is 14.9. The number of hydrogen-bond donors (Lipinski definition) is 0. The van der Waals surface area contributed by atoms with Gasteiger partial charge in [-0.1, -0.05) is 20.3 Å².